The minimum Gasteiger partial charge on any atom is -0.478 e. The second-order valence-corrected chi connectivity index (χ2v) is 5.36. The number of aromatic nitrogens is 2. The SMILES string of the molecule is Cc1nc(CCNc2cc(C(=O)O)c(Cl)cn2)cs1. The summed E-state index contributed by atoms with van der Waals surface area (Å²) in [7, 11) is 0. The van der Waals surface area contributed by atoms with E-state index in [2.05, 4.69) is 15.3 Å². The van der Waals surface area contributed by atoms with Crippen molar-refractivity contribution in [3.63, 3.8) is 0 Å². The number of pyridine rings is 1. The summed E-state index contributed by atoms with van der Waals surface area (Å²) in [6.45, 7) is 2.60. The molecule has 0 aromatic carbocycles. The van der Waals surface area contributed by atoms with Gasteiger partial charge in [0.1, 0.15) is 5.82 Å². The number of hydrogen-bond acceptors (Lipinski definition) is 5. The number of carboxylic acids is 1. The van der Waals surface area contributed by atoms with Gasteiger partial charge in [0.15, 0.2) is 0 Å². The fraction of sp³-hybridized carbons (Fsp3) is 0.250. The van der Waals surface area contributed by atoms with Crippen molar-refractivity contribution >= 4 is 34.7 Å². The Kier molecular flexibility index (Phi) is 4.34. The Balaban J connectivity index is 1.96. The van der Waals surface area contributed by atoms with Gasteiger partial charge in [-0.2, -0.15) is 0 Å². The first-order valence-electron chi connectivity index (χ1n) is 5.60. The number of aryl methyl sites for hydroxylation is 1. The van der Waals surface area contributed by atoms with Crippen molar-refractivity contribution in [1.29, 1.82) is 0 Å². The Labute approximate surface area is 119 Å². The number of aromatic carboxylic acids is 1. The molecule has 0 aliphatic heterocycles. The Hall–Kier alpha value is -1.66. The maximum absolute atomic E-state index is 10.9. The molecule has 0 amide bonds. The van der Waals surface area contributed by atoms with Gasteiger partial charge in [-0.25, -0.2) is 14.8 Å². The van der Waals surface area contributed by atoms with Gasteiger partial charge >= 0.3 is 5.97 Å². The Bertz CT molecular complexity index is 600. The molecule has 7 heteroatoms. The number of hydrogen-bond donors (Lipinski definition) is 2. The number of halogens is 1. The smallest absolute Gasteiger partial charge is 0.337 e. The summed E-state index contributed by atoms with van der Waals surface area (Å²) in [6, 6.07) is 1.43. The molecule has 0 saturated heterocycles. The highest BCUT2D eigenvalue weighted by Crippen LogP contribution is 2.18. The topological polar surface area (TPSA) is 75.1 Å². The summed E-state index contributed by atoms with van der Waals surface area (Å²) in [4.78, 5) is 19.3. The summed E-state index contributed by atoms with van der Waals surface area (Å²) >= 11 is 7.35. The molecule has 0 atom stereocenters. The van der Waals surface area contributed by atoms with Gasteiger partial charge in [0, 0.05) is 24.5 Å². The molecular weight excluding hydrogens is 286 g/mol. The Morgan fingerprint density at radius 3 is 3.00 bits per heavy atom. The number of thiazole rings is 1. The number of nitrogens with one attached hydrogen (secondary N) is 1. The molecule has 0 aliphatic rings. The fourth-order valence-corrected chi connectivity index (χ4v) is 2.37. The van der Waals surface area contributed by atoms with Crippen LogP contribution in [-0.2, 0) is 6.42 Å². The minimum atomic E-state index is -1.06. The largest absolute Gasteiger partial charge is 0.478 e. The maximum atomic E-state index is 10.9. The summed E-state index contributed by atoms with van der Waals surface area (Å²) in [5.74, 6) is -0.570. The van der Waals surface area contributed by atoms with Gasteiger partial charge in [-0.1, -0.05) is 11.6 Å². The van der Waals surface area contributed by atoms with Crippen LogP contribution in [0.15, 0.2) is 17.6 Å². The van der Waals surface area contributed by atoms with E-state index in [1.807, 2.05) is 12.3 Å². The van der Waals surface area contributed by atoms with Crippen LogP contribution in [0.3, 0.4) is 0 Å². The Morgan fingerprint density at radius 2 is 2.37 bits per heavy atom. The van der Waals surface area contributed by atoms with Crippen LogP contribution in [0.4, 0.5) is 5.82 Å². The number of carboxylic acid groups (broad SMARTS) is 1. The third kappa shape index (κ3) is 3.65. The van der Waals surface area contributed by atoms with Crippen molar-refractivity contribution in [1.82, 2.24) is 9.97 Å². The molecule has 0 saturated carbocycles. The third-order valence-electron chi connectivity index (χ3n) is 2.44. The van der Waals surface area contributed by atoms with E-state index in [1.165, 1.54) is 12.3 Å². The van der Waals surface area contributed by atoms with Crippen LogP contribution >= 0.6 is 22.9 Å². The number of anilines is 1. The lowest BCUT2D eigenvalue weighted by Crippen LogP contribution is -2.08. The highest BCUT2D eigenvalue weighted by atomic mass is 35.5. The first kappa shape index (κ1) is 13.8. The van der Waals surface area contributed by atoms with Crippen LogP contribution in [0, 0.1) is 6.92 Å². The van der Waals surface area contributed by atoms with Crippen molar-refractivity contribution in [2.45, 2.75) is 13.3 Å². The number of nitrogens with zero attached hydrogens (tertiary/aromatic N) is 2. The molecule has 0 aliphatic carbocycles. The molecule has 19 heavy (non-hydrogen) atoms. The molecule has 2 aromatic heterocycles. The highest BCUT2D eigenvalue weighted by Gasteiger charge is 2.10. The van der Waals surface area contributed by atoms with Crippen LogP contribution in [0.25, 0.3) is 0 Å². The van der Waals surface area contributed by atoms with Crippen molar-refractivity contribution in [3.05, 3.63) is 38.9 Å². The first-order chi connectivity index (χ1) is 9.06. The fourth-order valence-electron chi connectivity index (χ4n) is 1.54. The molecule has 0 unspecified atom stereocenters. The number of carbonyl (C=O) groups is 1. The zero-order valence-corrected chi connectivity index (χ0v) is 11.8. The standard InChI is InChI=1S/C12H12ClN3O2S/c1-7-16-8(6-19-7)2-3-14-11-4-9(12(17)18)10(13)5-15-11/h4-6H,2-3H2,1H3,(H,14,15)(H,17,18). The van der Waals surface area contributed by atoms with E-state index in [9.17, 15) is 4.79 Å². The summed E-state index contributed by atoms with van der Waals surface area (Å²) < 4.78 is 0. The summed E-state index contributed by atoms with van der Waals surface area (Å²) in [5.41, 5.74) is 1.06. The van der Waals surface area contributed by atoms with Crippen molar-refractivity contribution in [3.8, 4) is 0 Å². The molecule has 0 radical (unpaired) electrons. The third-order valence-corrected chi connectivity index (χ3v) is 3.56. The second kappa shape index (κ2) is 5.99. The van der Waals surface area contributed by atoms with Crippen molar-refractivity contribution in [2.75, 3.05) is 11.9 Å². The number of rotatable bonds is 5. The van der Waals surface area contributed by atoms with Gasteiger partial charge in [0.2, 0.25) is 0 Å². The quantitative estimate of drug-likeness (QED) is 0.887. The molecule has 2 N–H and O–H groups in total. The average molecular weight is 298 g/mol. The molecule has 2 rings (SSSR count). The van der Waals surface area contributed by atoms with Crippen molar-refractivity contribution in [2.24, 2.45) is 0 Å². The van der Waals surface area contributed by atoms with Gasteiger partial charge in [-0.3, -0.25) is 0 Å². The second-order valence-electron chi connectivity index (χ2n) is 3.89. The molecule has 0 bridgehead atoms. The molecule has 0 spiro atoms. The lowest BCUT2D eigenvalue weighted by molar-refractivity contribution is 0.0697. The van der Waals surface area contributed by atoms with Crippen LogP contribution in [0.1, 0.15) is 21.1 Å². The maximum Gasteiger partial charge on any atom is 0.337 e. The minimum absolute atomic E-state index is 0.0451. The zero-order chi connectivity index (χ0) is 13.8. The van der Waals surface area contributed by atoms with E-state index in [0.717, 1.165) is 17.1 Å². The zero-order valence-electron chi connectivity index (χ0n) is 10.2. The van der Waals surface area contributed by atoms with E-state index in [-0.39, 0.29) is 10.6 Å². The van der Waals surface area contributed by atoms with E-state index in [1.54, 1.807) is 11.3 Å². The van der Waals surface area contributed by atoms with Gasteiger partial charge < -0.3 is 10.4 Å². The molecule has 2 heterocycles. The van der Waals surface area contributed by atoms with Gasteiger partial charge in [-0.05, 0) is 13.0 Å². The molecule has 0 fully saturated rings. The lowest BCUT2D eigenvalue weighted by atomic mass is 10.2. The van der Waals surface area contributed by atoms with E-state index in [4.69, 9.17) is 16.7 Å². The molecule has 100 valence electrons. The van der Waals surface area contributed by atoms with Crippen LogP contribution in [-0.4, -0.2) is 27.6 Å². The van der Waals surface area contributed by atoms with Gasteiger partial charge in [0.05, 0.1) is 21.3 Å². The van der Waals surface area contributed by atoms with Crippen LogP contribution in [0.5, 0.6) is 0 Å². The summed E-state index contributed by atoms with van der Waals surface area (Å²) in [5, 5.41) is 15.2. The molecular formula is C12H12ClN3O2S. The van der Waals surface area contributed by atoms with Gasteiger partial charge in [-0.15, -0.1) is 11.3 Å². The van der Waals surface area contributed by atoms with Crippen LogP contribution in [0.2, 0.25) is 5.02 Å². The molecule has 2 aromatic rings. The van der Waals surface area contributed by atoms with Gasteiger partial charge in [0.25, 0.3) is 0 Å². The van der Waals surface area contributed by atoms with E-state index < -0.39 is 5.97 Å². The first-order valence-corrected chi connectivity index (χ1v) is 6.85. The monoisotopic (exact) mass is 297 g/mol. The normalized spacial score (nSPS) is 10.4. The van der Waals surface area contributed by atoms with Crippen molar-refractivity contribution < 1.29 is 9.90 Å². The Morgan fingerprint density at radius 1 is 1.58 bits per heavy atom. The van der Waals surface area contributed by atoms with E-state index in [0.29, 0.717) is 12.4 Å². The lowest BCUT2D eigenvalue weighted by Gasteiger charge is -2.06. The average Bonchev–Trinajstić information content (AvgIpc) is 2.77. The van der Waals surface area contributed by atoms with Crippen LogP contribution < -0.4 is 5.32 Å². The molecule has 5 nitrogen and oxygen atoms in total. The predicted octanol–water partition coefficient (Wildman–Crippen LogP) is 2.85. The summed E-state index contributed by atoms with van der Waals surface area (Å²) in [6.07, 6.45) is 2.09. The highest BCUT2D eigenvalue weighted by molar-refractivity contribution is 7.09. The van der Waals surface area contributed by atoms with E-state index >= 15 is 0 Å². The predicted molar refractivity (Wildman–Crippen MR) is 75.3 cm³/mol.